The highest BCUT2D eigenvalue weighted by molar-refractivity contribution is 8.46. The normalized spacial score (nSPS) is 12.0. The molecular weight excluding hydrogens is 173 g/mol. The summed E-state index contributed by atoms with van der Waals surface area (Å²) >= 11 is 19.8. The van der Waals surface area contributed by atoms with Gasteiger partial charge in [0.15, 0.2) is 0 Å². The first-order valence-corrected chi connectivity index (χ1v) is 6.09. The van der Waals surface area contributed by atoms with Gasteiger partial charge in [0.2, 0.25) is 4.67 Å². The third-order valence-corrected chi connectivity index (χ3v) is 0. The predicted octanol–water partition coefficient (Wildman–Crippen LogP) is 3.62. The molecular formula is Cl4P. The molecule has 0 aromatic carbocycles. The van der Waals surface area contributed by atoms with E-state index in [0.29, 0.717) is 0 Å². The Labute approximate surface area is 49.8 Å². The maximum absolute atomic E-state index is 4.94. The van der Waals surface area contributed by atoms with Gasteiger partial charge in [0.05, 0.1) is 0 Å². The molecule has 0 unspecified atom stereocenters. The van der Waals surface area contributed by atoms with Crippen LogP contribution in [0.2, 0.25) is 0 Å². The van der Waals surface area contributed by atoms with E-state index in [1.807, 2.05) is 0 Å². The van der Waals surface area contributed by atoms with E-state index < -0.39 is 4.67 Å². The molecule has 0 nitrogen and oxygen atoms in total. The van der Waals surface area contributed by atoms with Crippen LogP contribution < -0.4 is 0 Å². The maximum atomic E-state index is 4.94. The standard InChI is InChI=1S/Cl4P/c1-5(2,3)4. The second-order valence-corrected chi connectivity index (χ2v) is 10.3. The monoisotopic (exact) mass is 171 g/mol. The molecule has 0 heterocycles. The lowest BCUT2D eigenvalue weighted by Gasteiger charge is -1.93. The Morgan fingerprint density at radius 3 is 0.800 bits per heavy atom. The zero-order valence-corrected chi connectivity index (χ0v) is 5.88. The molecule has 5 heavy (non-hydrogen) atoms. The van der Waals surface area contributed by atoms with Gasteiger partial charge in [-0.3, -0.25) is 0 Å². The van der Waals surface area contributed by atoms with Crippen molar-refractivity contribution in [1.82, 2.24) is 0 Å². The molecule has 0 aliphatic heterocycles. The summed E-state index contributed by atoms with van der Waals surface area (Å²) in [5, 5.41) is 0. The summed E-state index contributed by atoms with van der Waals surface area (Å²) in [6.07, 6.45) is 0. The number of halogens is 4. The highest BCUT2D eigenvalue weighted by atomic mass is 36.2. The molecule has 0 saturated carbocycles. The number of hydrogen-bond acceptors (Lipinski definition) is 0. The molecule has 0 aliphatic rings. The summed E-state index contributed by atoms with van der Waals surface area (Å²) in [7, 11) is 0. The Balaban J connectivity index is 3.02. The highest BCUT2D eigenvalue weighted by Gasteiger charge is 2.08. The summed E-state index contributed by atoms with van der Waals surface area (Å²) in [6.45, 7) is 0. The van der Waals surface area contributed by atoms with Crippen molar-refractivity contribution in [3.05, 3.63) is 0 Å². The van der Waals surface area contributed by atoms with Gasteiger partial charge in [-0.05, 0) is 0 Å². The van der Waals surface area contributed by atoms with Crippen molar-refractivity contribution in [3.8, 4) is 0 Å². The Kier molecular flexibility index (Phi) is 2.69. The van der Waals surface area contributed by atoms with Crippen LogP contribution in [-0.2, 0) is 0 Å². The minimum Gasteiger partial charge on any atom is -0.0512 e. The largest absolute Gasteiger partial charge is 0.205 e. The van der Waals surface area contributed by atoms with E-state index in [2.05, 4.69) is 0 Å². The van der Waals surface area contributed by atoms with Gasteiger partial charge in [0.1, 0.15) is 0 Å². The molecule has 0 aliphatic carbocycles. The minimum atomic E-state index is -2.50. The average Bonchev–Trinajstić information content (AvgIpc) is 0.722. The van der Waals surface area contributed by atoms with Crippen molar-refractivity contribution in [2.75, 3.05) is 0 Å². The molecule has 0 N–H and O–H groups in total. The van der Waals surface area contributed by atoms with Crippen LogP contribution >= 0.6 is 49.6 Å². The van der Waals surface area contributed by atoms with Crippen LogP contribution in [0.1, 0.15) is 0 Å². The molecule has 0 rings (SSSR count). The van der Waals surface area contributed by atoms with Crippen LogP contribution in [0.3, 0.4) is 0 Å². The van der Waals surface area contributed by atoms with E-state index in [4.69, 9.17) is 45.0 Å². The van der Waals surface area contributed by atoms with Crippen LogP contribution in [0, 0.1) is 0 Å². The predicted molar refractivity (Wildman–Crippen MR) is 30.3 cm³/mol. The Hall–Kier alpha value is 1.59. The second kappa shape index (κ2) is 2.04. The highest BCUT2D eigenvalue weighted by Crippen LogP contribution is 2.78. The van der Waals surface area contributed by atoms with Gasteiger partial charge in [-0.1, -0.05) is 45.0 Å². The maximum Gasteiger partial charge on any atom is 0.205 e. The topological polar surface area (TPSA) is 0 Å². The average molecular weight is 173 g/mol. The Morgan fingerprint density at radius 2 is 0.800 bits per heavy atom. The molecule has 0 aromatic heterocycles. The van der Waals surface area contributed by atoms with Gasteiger partial charge in [0, 0.05) is 0 Å². The fourth-order valence-corrected chi connectivity index (χ4v) is 0. The quantitative estimate of drug-likeness (QED) is 0.490. The zero-order chi connectivity index (χ0) is 4.50. The van der Waals surface area contributed by atoms with E-state index in [-0.39, 0.29) is 0 Å². The molecule has 5 heteroatoms. The summed E-state index contributed by atoms with van der Waals surface area (Å²) in [4.78, 5) is 0. The molecule has 0 bridgehead atoms. The van der Waals surface area contributed by atoms with E-state index in [1.54, 1.807) is 0 Å². The number of rotatable bonds is 0. The summed E-state index contributed by atoms with van der Waals surface area (Å²) in [5.41, 5.74) is 0. The zero-order valence-electron chi connectivity index (χ0n) is 1.96. The van der Waals surface area contributed by atoms with Crippen molar-refractivity contribution in [2.24, 2.45) is 0 Å². The van der Waals surface area contributed by atoms with Gasteiger partial charge in [-0.25, -0.2) is 0 Å². The van der Waals surface area contributed by atoms with Crippen molar-refractivity contribution >= 4 is 49.6 Å². The molecule has 0 fully saturated rings. The van der Waals surface area contributed by atoms with Gasteiger partial charge >= 0.3 is 0 Å². The fourth-order valence-electron chi connectivity index (χ4n) is 0. The first-order chi connectivity index (χ1) is 2.00. The molecule has 33 valence electrons. The van der Waals surface area contributed by atoms with Crippen LogP contribution in [-0.4, -0.2) is 0 Å². The fraction of sp³-hybridized carbons (Fsp3) is 0. The van der Waals surface area contributed by atoms with Crippen molar-refractivity contribution in [1.29, 1.82) is 0 Å². The molecule has 0 aromatic rings. The summed E-state index contributed by atoms with van der Waals surface area (Å²) in [6, 6.07) is 0. The van der Waals surface area contributed by atoms with Crippen molar-refractivity contribution < 1.29 is 0 Å². The first kappa shape index (κ1) is 6.59. The smallest absolute Gasteiger partial charge is 0.0512 e. The third kappa shape index (κ3) is 28.5. The first-order valence-electron chi connectivity index (χ1n) is 0.676. The van der Waals surface area contributed by atoms with Gasteiger partial charge < -0.3 is 0 Å². The molecule has 1 radical (unpaired) electrons. The molecule has 0 amide bonds. The van der Waals surface area contributed by atoms with E-state index in [0.717, 1.165) is 0 Å². The lowest BCUT2D eigenvalue weighted by molar-refractivity contribution is 4.32. The van der Waals surface area contributed by atoms with Gasteiger partial charge in [-0.15, -0.1) is 0 Å². The lowest BCUT2D eigenvalue weighted by atomic mass is 30.2. The minimum absolute atomic E-state index is 2.50. The van der Waals surface area contributed by atoms with E-state index in [1.165, 1.54) is 0 Å². The van der Waals surface area contributed by atoms with Crippen LogP contribution in [0.15, 0.2) is 0 Å². The third-order valence-electron chi connectivity index (χ3n) is 0. The summed E-state index contributed by atoms with van der Waals surface area (Å²) < 4.78 is -2.50. The summed E-state index contributed by atoms with van der Waals surface area (Å²) in [5.74, 6) is 0. The van der Waals surface area contributed by atoms with Crippen LogP contribution in [0.4, 0.5) is 0 Å². The van der Waals surface area contributed by atoms with Gasteiger partial charge in [-0.2, -0.15) is 0 Å². The van der Waals surface area contributed by atoms with E-state index >= 15 is 0 Å². The lowest BCUT2D eigenvalue weighted by Crippen LogP contribution is -1.22. The number of hydrogen-bond donors (Lipinski definition) is 0. The van der Waals surface area contributed by atoms with Crippen LogP contribution in [0.25, 0.3) is 0 Å². The van der Waals surface area contributed by atoms with Gasteiger partial charge in [0.25, 0.3) is 0 Å². The SMILES string of the molecule is Cl[P](Cl)(Cl)Cl. The van der Waals surface area contributed by atoms with Crippen molar-refractivity contribution in [2.45, 2.75) is 0 Å². The Bertz CT molecular complexity index is 19.1. The van der Waals surface area contributed by atoms with E-state index in [9.17, 15) is 0 Å². The van der Waals surface area contributed by atoms with Crippen molar-refractivity contribution in [3.63, 3.8) is 0 Å². The second-order valence-electron chi connectivity index (χ2n) is 0.383. The molecule has 0 spiro atoms. The Morgan fingerprint density at radius 1 is 0.800 bits per heavy atom. The molecule has 0 atom stereocenters. The molecule has 0 saturated heterocycles. The van der Waals surface area contributed by atoms with Crippen LogP contribution in [0.5, 0.6) is 0 Å².